The third kappa shape index (κ3) is 2.95. The lowest BCUT2D eigenvalue weighted by Gasteiger charge is -2.09. The molecule has 0 aliphatic heterocycles. The molecule has 0 fully saturated rings. The predicted octanol–water partition coefficient (Wildman–Crippen LogP) is 4.07. The molecule has 2 rings (SSSR count). The number of aromatic nitrogens is 1. The molecule has 3 nitrogen and oxygen atoms in total. The van der Waals surface area contributed by atoms with E-state index >= 15 is 0 Å². The van der Waals surface area contributed by atoms with Gasteiger partial charge in [0.05, 0.1) is 11.4 Å². The van der Waals surface area contributed by atoms with Crippen molar-refractivity contribution in [1.29, 1.82) is 0 Å². The third-order valence-corrected chi connectivity index (χ3v) is 2.99. The van der Waals surface area contributed by atoms with E-state index in [1.165, 1.54) is 6.07 Å². The van der Waals surface area contributed by atoms with Crippen molar-refractivity contribution in [1.82, 2.24) is 4.98 Å². The number of pyridine rings is 1. The Bertz CT molecular complexity index is 511. The second-order valence-corrected chi connectivity index (χ2v) is 5.17. The lowest BCUT2D eigenvalue weighted by Crippen LogP contribution is -2.00. The number of rotatable bonds is 2. The summed E-state index contributed by atoms with van der Waals surface area (Å²) in [4.78, 5) is 4.08. The minimum Gasteiger partial charge on any atom is -0.396 e. The van der Waals surface area contributed by atoms with Crippen LogP contribution in [0.4, 0.5) is 21.6 Å². The highest BCUT2D eigenvalue weighted by Gasteiger charge is 2.06. The fourth-order valence-corrected chi connectivity index (χ4v) is 1.96. The van der Waals surface area contributed by atoms with Gasteiger partial charge in [0, 0.05) is 15.1 Å². The van der Waals surface area contributed by atoms with Crippen LogP contribution in [-0.4, -0.2) is 4.98 Å². The Morgan fingerprint density at radius 1 is 1.18 bits per heavy atom. The van der Waals surface area contributed by atoms with Gasteiger partial charge in [0.2, 0.25) is 0 Å². The zero-order chi connectivity index (χ0) is 12.4. The van der Waals surface area contributed by atoms with Crippen molar-refractivity contribution < 1.29 is 4.39 Å². The summed E-state index contributed by atoms with van der Waals surface area (Å²) in [6, 6.07) is 6.42. The van der Waals surface area contributed by atoms with Crippen LogP contribution in [0.2, 0.25) is 0 Å². The van der Waals surface area contributed by atoms with Crippen LogP contribution in [0.15, 0.2) is 39.4 Å². The Balaban J connectivity index is 2.31. The molecule has 0 unspecified atom stereocenters. The highest BCUT2D eigenvalue weighted by Crippen LogP contribution is 2.26. The number of hydrogen-bond donors (Lipinski definition) is 2. The molecule has 0 aliphatic rings. The summed E-state index contributed by atoms with van der Waals surface area (Å²) in [6.07, 6.45) is 1.59. The van der Waals surface area contributed by atoms with Crippen LogP contribution in [0.25, 0.3) is 0 Å². The van der Waals surface area contributed by atoms with Crippen molar-refractivity contribution in [3.8, 4) is 0 Å². The summed E-state index contributed by atoms with van der Waals surface area (Å²) >= 11 is 6.45. The van der Waals surface area contributed by atoms with E-state index in [4.69, 9.17) is 5.73 Å². The molecule has 6 heteroatoms. The molecule has 1 heterocycles. The van der Waals surface area contributed by atoms with Gasteiger partial charge in [0.1, 0.15) is 5.82 Å². The van der Waals surface area contributed by atoms with Gasteiger partial charge >= 0.3 is 0 Å². The first kappa shape index (κ1) is 12.3. The SMILES string of the molecule is Nc1cc(Br)cnc1Nc1ccc(Br)cc1F. The van der Waals surface area contributed by atoms with Gasteiger partial charge in [-0.25, -0.2) is 9.37 Å². The molecule has 2 aromatic rings. The zero-order valence-corrected chi connectivity index (χ0v) is 11.7. The number of halogens is 3. The Kier molecular flexibility index (Phi) is 3.63. The molecule has 0 bridgehead atoms. The summed E-state index contributed by atoms with van der Waals surface area (Å²) < 4.78 is 15.0. The summed E-state index contributed by atoms with van der Waals surface area (Å²) in [5.41, 5.74) is 6.54. The second kappa shape index (κ2) is 5.01. The molecule has 0 saturated carbocycles. The highest BCUT2D eigenvalue weighted by atomic mass is 79.9. The first-order valence-corrected chi connectivity index (χ1v) is 6.28. The quantitative estimate of drug-likeness (QED) is 0.848. The number of nitrogen functional groups attached to an aromatic ring is 1. The van der Waals surface area contributed by atoms with Gasteiger partial charge in [-0.05, 0) is 40.2 Å². The average Bonchev–Trinajstić information content (AvgIpc) is 2.25. The average molecular weight is 361 g/mol. The summed E-state index contributed by atoms with van der Waals surface area (Å²) in [5.74, 6) is 0.0536. The van der Waals surface area contributed by atoms with Crippen LogP contribution in [-0.2, 0) is 0 Å². The van der Waals surface area contributed by atoms with Gasteiger partial charge in [0.25, 0.3) is 0 Å². The van der Waals surface area contributed by atoms with Crippen LogP contribution >= 0.6 is 31.9 Å². The standard InChI is InChI=1S/C11H8Br2FN3/c12-6-1-2-10(8(14)3-6)17-11-9(15)4-7(13)5-16-11/h1-5H,15H2,(H,16,17). The number of benzene rings is 1. The molecule has 1 aromatic carbocycles. The van der Waals surface area contributed by atoms with Crippen LogP contribution in [0.1, 0.15) is 0 Å². The molecule has 17 heavy (non-hydrogen) atoms. The van der Waals surface area contributed by atoms with Gasteiger partial charge in [-0.2, -0.15) is 0 Å². The van der Waals surface area contributed by atoms with Crippen LogP contribution in [0, 0.1) is 5.82 Å². The van der Waals surface area contributed by atoms with Crippen LogP contribution < -0.4 is 11.1 Å². The minimum atomic E-state index is -0.372. The predicted molar refractivity (Wildman–Crippen MR) is 73.7 cm³/mol. The van der Waals surface area contributed by atoms with E-state index < -0.39 is 0 Å². The fourth-order valence-electron chi connectivity index (χ4n) is 1.28. The molecule has 0 amide bonds. The van der Waals surface area contributed by atoms with Gasteiger partial charge in [-0.3, -0.25) is 0 Å². The van der Waals surface area contributed by atoms with E-state index in [2.05, 4.69) is 42.2 Å². The normalized spacial score (nSPS) is 10.3. The molecule has 0 aliphatic carbocycles. The second-order valence-electron chi connectivity index (χ2n) is 3.34. The number of nitrogens with one attached hydrogen (secondary N) is 1. The molecule has 3 N–H and O–H groups in total. The Labute approximate surface area is 114 Å². The first-order chi connectivity index (χ1) is 8.06. The number of nitrogens with zero attached hydrogens (tertiary/aromatic N) is 1. The Hall–Kier alpha value is -1.14. The van der Waals surface area contributed by atoms with Crippen molar-refractivity contribution in [2.24, 2.45) is 0 Å². The molecule has 0 saturated heterocycles. The summed E-state index contributed by atoms with van der Waals surface area (Å²) in [7, 11) is 0. The van der Waals surface area contributed by atoms with Crippen LogP contribution in [0.5, 0.6) is 0 Å². The van der Waals surface area contributed by atoms with Crippen molar-refractivity contribution in [3.05, 3.63) is 45.2 Å². The monoisotopic (exact) mass is 359 g/mol. The first-order valence-electron chi connectivity index (χ1n) is 4.69. The van der Waals surface area contributed by atoms with Crippen molar-refractivity contribution in [2.45, 2.75) is 0 Å². The van der Waals surface area contributed by atoms with Gasteiger partial charge in [-0.15, -0.1) is 0 Å². The van der Waals surface area contributed by atoms with E-state index in [1.807, 2.05) is 0 Å². The molecule has 0 radical (unpaired) electrons. The van der Waals surface area contributed by atoms with E-state index in [1.54, 1.807) is 24.4 Å². The number of nitrogens with two attached hydrogens (primary N) is 1. The summed E-state index contributed by atoms with van der Waals surface area (Å²) in [5, 5.41) is 2.84. The highest BCUT2D eigenvalue weighted by molar-refractivity contribution is 9.10. The van der Waals surface area contributed by atoms with Crippen molar-refractivity contribution >= 4 is 49.1 Å². The maximum absolute atomic E-state index is 13.6. The fraction of sp³-hybridized carbons (Fsp3) is 0. The smallest absolute Gasteiger partial charge is 0.153 e. The molecule has 0 spiro atoms. The number of anilines is 3. The van der Waals surface area contributed by atoms with Gasteiger partial charge in [-0.1, -0.05) is 15.9 Å². The Morgan fingerprint density at radius 2 is 1.94 bits per heavy atom. The topological polar surface area (TPSA) is 50.9 Å². The van der Waals surface area contributed by atoms with Crippen LogP contribution in [0.3, 0.4) is 0 Å². The van der Waals surface area contributed by atoms with E-state index in [0.717, 1.165) is 4.47 Å². The van der Waals surface area contributed by atoms with E-state index in [9.17, 15) is 4.39 Å². The molecular weight excluding hydrogens is 353 g/mol. The zero-order valence-electron chi connectivity index (χ0n) is 8.55. The number of hydrogen-bond acceptors (Lipinski definition) is 3. The molecule has 1 aromatic heterocycles. The van der Waals surface area contributed by atoms with Crippen molar-refractivity contribution in [2.75, 3.05) is 11.1 Å². The molecular formula is C11H8Br2FN3. The van der Waals surface area contributed by atoms with E-state index in [-0.39, 0.29) is 5.82 Å². The molecule has 0 atom stereocenters. The largest absolute Gasteiger partial charge is 0.396 e. The van der Waals surface area contributed by atoms with Crippen molar-refractivity contribution in [3.63, 3.8) is 0 Å². The Morgan fingerprint density at radius 3 is 2.59 bits per heavy atom. The maximum atomic E-state index is 13.6. The lowest BCUT2D eigenvalue weighted by atomic mass is 10.3. The van der Waals surface area contributed by atoms with Gasteiger partial charge in [0.15, 0.2) is 5.82 Å². The van der Waals surface area contributed by atoms with Gasteiger partial charge < -0.3 is 11.1 Å². The third-order valence-electron chi connectivity index (χ3n) is 2.07. The molecule has 88 valence electrons. The lowest BCUT2D eigenvalue weighted by molar-refractivity contribution is 0.631. The summed E-state index contributed by atoms with van der Waals surface area (Å²) in [6.45, 7) is 0. The minimum absolute atomic E-state index is 0.328. The maximum Gasteiger partial charge on any atom is 0.153 e. The van der Waals surface area contributed by atoms with E-state index in [0.29, 0.717) is 21.7 Å².